The van der Waals surface area contributed by atoms with E-state index in [4.69, 9.17) is 0 Å². The number of nitrogens with one attached hydrogen (secondary N) is 4. The zero-order valence-corrected chi connectivity index (χ0v) is 19.2. The third-order valence-electron chi connectivity index (χ3n) is 5.39. The van der Waals surface area contributed by atoms with Gasteiger partial charge in [-0.05, 0) is 71.8 Å². The fourth-order valence-electron chi connectivity index (χ4n) is 3.55. The lowest BCUT2D eigenvalue weighted by Gasteiger charge is -2.10. The summed E-state index contributed by atoms with van der Waals surface area (Å²) < 4.78 is 0. The van der Waals surface area contributed by atoms with E-state index >= 15 is 0 Å². The third-order valence-corrected chi connectivity index (χ3v) is 5.39. The smallest absolute Gasteiger partial charge is 0.326 e. The lowest BCUT2D eigenvalue weighted by Crippen LogP contribution is -2.35. The topological polar surface area (TPSA) is 137 Å². The molecule has 0 saturated heterocycles. The van der Waals surface area contributed by atoms with Crippen molar-refractivity contribution in [1.29, 1.82) is 0 Å². The lowest BCUT2D eigenvalue weighted by molar-refractivity contribution is 0.0957. The Morgan fingerprint density at radius 1 is 0.639 bits per heavy atom. The summed E-state index contributed by atoms with van der Waals surface area (Å²) in [6.07, 6.45) is 0. The third kappa shape index (κ3) is 5.65. The van der Waals surface area contributed by atoms with Gasteiger partial charge >= 0.3 is 12.1 Å². The molecule has 180 valence electrons. The largest absolute Gasteiger partial charge is 0.508 e. The first-order valence-electron chi connectivity index (χ1n) is 10.9. The number of imide groups is 2. The fourth-order valence-corrected chi connectivity index (χ4v) is 3.55. The molecular weight excluding hydrogens is 460 g/mol. The van der Waals surface area contributed by atoms with E-state index in [0.29, 0.717) is 11.3 Å². The first-order chi connectivity index (χ1) is 17.3. The van der Waals surface area contributed by atoms with E-state index < -0.39 is 23.9 Å². The molecule has 0 atom stereocenters. The maximum Gasteiger partial charge on any atom is 0.326 e. The molecule has 4 rings (SSSR count). The highest BCUT2D eigenvalue weighted by atomic mass is 16.3. The van der Waals surface area contributed by atoms with Gasteiger partial charge in [0.15, 0.2) is 0 Å². The summed E-state index contributed by atoms with van der Waals surface area (Å²) in [6, 6.07) is 21.2. The minimum atomic E-state index is -0.790. The molecule has 0 spiro atoms. The summed E-state index contributed by atoms with van der Waals surface area (Å²) in [6.45, 7) is 1.77. The molecule has 0 aromatic heterocycles. The molecule has 0 aliphatic heterocycles. The first-order valence-corrected chi connectivity index (χ1v) is 10.9. The van der Waals surface area contributed by atoms with Crippen LogP contribution in [0.2, 0.25) is 0 Å². The molecule has 36 heavy (non-hydrogen) atoms. The minimum absolute atomic E-state index is 0.135. The Hall–Kier alpha value is -5.18. The van der Waals surface area contributed by atoms with Crippen LogP contribution in [-0.4, -0.2) is 29.0 Å². The van der Waals surface area contributed by atoms with Gasteiger partial charge in [0, 0.05) is 22.5 Å². The van der Waals surface area contributed by atoms with E-state index in [1.807, 2.05) is 0 Å². The summed E-state index contributed by atoms with van der Waals surface area (Å²) in [5, 5.41) is 20.9. The van der Waals surface area contributed by atoms with E-state index in [2.05, 4.69) is 21.3 Å². The van der Waals surface area contributed by atoms with Gasteiger partial charge < -0.3 is 15.7 Å². The summed E-state index contributed by atoms with van der Waals surface area (Å²) in [4.78, 5) is 49.4. The molecule has 0 heterocycles. The molecule has 0 fully saturated rings. The van der Waals surface area contributed by atoms with E-state index in [9.17, 15) is 24.3 Å². The number of aromatic hydroxyl groups is 1. The molecule has 4 aromatic rings. The number of phenols is 1. The van der Waals surface area contributed by atoms with Gasteiger partial charge in [0.2, 0.25) is 0 Å². The van der Waals surface area contributed by atoms with Gasteiger partial charge in [-0.25, -0.2) is 9.59 Å². The standard InChI is InChI=1S/C27H22N4O5/c1-16-22-12-10-19(14-17(22)11-13-23(16)32)25(34)31-27(36)29-21-9-5-6-18(15-21)24(33)30-26(35)28-20-7-3-2-4-8-20/h2-15,32H,1H3,(H2,28,30,33,35)(H2,29,31,34,36). The number of carbonyl (C=O) groups is 4. The normalized spacial score (nSPS) is 10.4. The van der Waals surface area contributed by atoms with Crippen LogP contribution in [0.3, 0.4) is 0 Å². The average molecular weight is 482 g/mol. The van der Waals surface area contributed by atoms with Crippen LogP contribution in [0.5, 0.6) is 5.75 Å². The van der Waals surface area contributed by atoms with Gasteiger partial charge in [-0.3, -0.25) is 20.2 Å². The Morgan fingerprint density at radius 3 is 1.94 bits per heavy atom. The quantitative estimate of drug-likeness (QED) is 0.285. The van der Waals surface area contributed by atoms with Gasteiger partial charge in [-0.15, -0.1) is 0 Å². The molecule has 6 amide bonds. The van der Waals surface area contributed by atoms with Crippen molar-refractivity contribution in [2.24, 2.45) is 0 Å². The number of urea groups is 2. The summed E-state index contributed by atoms with van der Waals surface area (Å²) in [5.74, 6) is -1.13. The van der Waals surface area contributed by atoms with Crippen LogP contribution in [0.15, 0.2) is 84.9 Å². The zero-order valence-electron chi connectivity index (χ0n) is 19.2. The van der Waals surface area contributed by atoms with Crippen LogP contribution >= 0.6 is 0 Å². The number of hydrogen-bond donors (Lipinski definition) is 5. The number of rotatable bonds is 4. The minimum Gasteiger partial charge on any atom is -0.508 e. The van der Waals surface area contributed by atoms with Crippen LogP contribution in [0.1, 0.15) is 26.3 Å². The highest BCUT2D eigenvalue weighted by molar-refractivity contribution is 6.11. The molecule has 4 aromatic carbocycles. The maximum absolute atomic E-state index is 12.6. The Kier molecular flexibility index (Phi) is 6.92. The molecule has 0 radical (unpaired) electrons. The van der Waals surface area contributed by atoms with E-state index in [-0.39, 0.29) is 22.6 Å². The van der Waals surface area contributed by atoms with Crippen LogP contribution < -0.4 is 21.3 Å². The second kappa shape index (κ2) is 10.4. The molecule has 9 nitrogen and oxygen atoms in total. The lowest BCUT2D eigenvalue weighted by atomic mass is 10.0. The average Bonchev–Trinajstić information content (AvgIpc) is 2.86. The molecule has 0 aliphatic carbocycles. The molecule has 9 heteroatoms. The Bertz CT molecular complexity index is 1480. The highest BCUT2D eigenvalue weighted by Crippen LogP contribution is 2.26. The summed E-state index contributed by atoms with van der Waals surface area (Å²) >= 11 is 0. The van der Waals surface area contributed by atoms with Gasteiger partial charge in [0.1, 0.15) is 5.75 Å². The Labute approximate surface area is 206 Å². The molecule has 0 unspecified atom stereocenters. The van der Waals surface area contributed by atoms with Crippen molar-refractivity contribution in [3.8, 4) is 5.75 Å². The van der Waals surface area contributed by atoms with Crippen molar-refractivity contribution >= 4 is 46.0 Å². The number of aryl methyl sites for hydroxylation is 1. The van der Waals surface area contributed by atoms with Gasteiger partial charge in [0.05, 0.1) is 0 Å². The molecular formula is C27H22N4O5. The fraction of sp³-hybridized carbons (Fsp3) is 0.0370. The number of benzene rings is 4. The number of carbonyl (C=O) groups excluding carboxylic acids is 4. The van der Waals surface area contributed by atoms with Crippen LogP contribution in [0, 0.1) is 6.92 Å². The number of anilines is 2. The van der Waals surface area contributed by atoms with E-state index in [1.54, 1.807) is 67.6 Å². The monoisotopic (exact) mass is 482 g/mol. The van der Waals surface area contributed by atoms with Crippen molar-refractivity contribution in [3.05, 3.63) is 102 Å². The second-order valence-electron chi connectivity index (χ2n) is 7.91. The van der Waals surface area contributed by atoms with E-state index in [0.717, 1.165) is 10.8 Å². The van der Waals surface area contributed by atoms with Crippen molar-refractivity contribution < 1.29 is 24.3 Å². The number of phenolic OH excluding ortho intramolecular Hbond substituents is 1. The van der Waals surface area contributed by atoms with Crippen molar-refractivity contribution in [3.63, 3.8) is 0 Å². The van der Waals surface area contributed by atoms with Crippen LogP contribution in [0.25, 0.3) is 10.8 Å². The van der Waals surface area contributed by atoms with Crippen molar-refractivity contribution in [2.75, 3.05) is 10.6 Å². The van der Waals surface area contributed by atoms with Crippen molar-refractivity contribution in [2.45, 2.75) is 6.92 Å². The predicted octanol–water partition coefficient (Wildman–Crippen LogP) is 4.78. The zero-order chi connectivity index (χ0) is 25.7. The highest BCUT2D eigenvalue weighted by Gasteiger charge is 2.14. The maximum atomic E-state index is 12.6. The molecule has 0 saturated carbocycles. The predicted molar refractivity (Wildman–Crippen MR) is 136 cm³/mol. The number of para-hydroxylation sites is 1. The molecule has 0 aliphatic rings. The SMILES string of the molecule is Cc1c(O)ccc2cc(C(=O)NC(=O)Nc3cccc(C(=O)NC(=O)Nc4ccccc4)c3)ccc12. The van der Waals surface area contributed by atoms with Crippen LogP contribution in [0.4, 0.5) is 21.0 Å². The van der Waals surface area contributed by atoms with E-state index in [1.165, 1.54) is 24.3 Å². The summed E-state index contributed by atoms with van der Waals surface area (Å²) in [5.41, 5.74) is 1.87. The van der Waals surface area contributed by atoms with Crippen molar-refractivity contribution in [1.82, 2.24) is 10.6 Å². The first kappa shape index (κ1) is 24.0. The van der Waals surface area contributed by atoms with Gasteiger partial charge in [-0.2, -0.15) is 0 Å². The molecule has 0 bridgehead atoms. The Morgan fingerprint density at radius 2 is 1.25 bits per heavy atom. The number of fused-ring (bicyclic) bond motifs is 1. The second-order valence-corrected chi connectivity index (χ2v) is 7.91. The van der Waals surface area contributed by atoms with Crippen LogP contribution in [-0.2, 0) is 0 Å². The molecule has 5 N–H and O–H groups in total. The summed E-state index contributed by atoms with van der Waals surface area (Å²) in [7, 11) is 0. The number of hydrogen-bond acceptors (Lipinski definition) is 5. The van der Waals surface area contributed by atoms with Gasteiger partial charge in [-0.1, -0.05) is 36.4 Å². The van der Waals surface area contributed by atoms with Gasteiger partial charge in [0.25, 0.3) is 11.8 Å². The Balaban J connectivity index is 1.37. The number of amides is 6.